The summed E-state index contributed by atoms with van der Waals surface area (Å²) < 4.78 is 5.93. The number of rotatable bonds is 8. The lowest BCUT2D eigenvalue weighted by atomic mass is 10.1. The van der Waals surface area contributed by atoms with Crippen LogP contribution in [0, 0.1) is 0 Å². The highest BCUT2D eigenvalue weighted by atomic mass is 32.2. The number of nitrogens with two attached hydrogens (primary N) is 1. The lowest BCUT2D eigenvalue weighted by Gasteiger charge is -2.19. The summed E-state index contributed by atoms with van der Waals surface area (Å²) in [6, 6.07) is 19.7. The fourth-order valence-electron chi connectivity index (χ4n) is 3.10. The van der Waals surface area contributed by atoms with Crippen LogP contribution in [0.25, 0.3) is 10.9 Å². The molecule has 0 saturated heterocycles. The lowest BCUT2D eigenvalue weighted by molar-refractivity contribution is 0.615. The molecule has 0 aliphatic rings. The maximum absolute atomic E-state index is 5.87. The van der Waals surface area contributed by atoms with E-state index in [2.05, 4.69) is 77.7 Å². The Labute approximate surface area is 154 Å². The highest BCUT2D eigenvalue weighted by molar-refractivity contribution is 7.97. The van der Waals surface area contributed by atoms with Gasteiger partial charge in [-0.1, -0.05) is 55.8 Å². The Bertz CT molecular complexity index is 811. The van der Waals surface area contributed by atoms with Gasteiger partial charge in [0.15, 0.2) is 0 Å². The van der Waals surface area contributed by atoms with Crippen molar-refractivity contribution >= 4 is 22.9 Å². The predicted octanol–water partition coefficient (Wildman–Crippen LogP) is 5.11. The third kappa shape index (κ3) is 4.09. The zero-order valence-electron chi connectivity index (χ0n) is 15.0. The van der Waals surface area contributed by atoms with E-state index in [-0.39, 0.29) is 6.04 Å². The fraction of sp³-hybridized carbons (Fsp3) is 0.333. The van der Waals surface area contributed by atoms with Crippen LogP contribution in [0.5, 0.6) is 0 Å². The summed E-state index contributed by atoms with van der Waals surface area (Å²) in [6.45, 7) is 6.07. The zero-order valence-corrected chi connectivity index (χ0v) is 15.9. The van der Waals surface area contributed by atoms with Crippen molar-refractivity contribution < 1.29 is 0 Å². The van der Waals surface area contributed by atoms with Gasteiger partial charge in [-0.05, 0) is 48.6 Å². The Morgan fingerprint density at radius 2 is 1.92 bits per heavy atom. The van der Waals surface area contributed by atoms with Gasteiger partial charge in [-0.25, -0.2) is 0 Å². The van der Waals surface area contributed by atoms with Gasteiger partial charge in [-0.15, -0.1) is 0 Å². The number of aromatic nitrogens is 1. The maximum atomic E-state index is 5.87. The zero-order chi connectivity index (χ0) is 17.6. The summed E-state index contributed by atoms with van der Waals surface area (Å²) in [5, 5.41) is 2.51. The van der Waals surface area contributed by atoms with Gasteiger partial charge in [-0.2, -0.15) is 0 Å². The van der Waals surface area contributed by atoms with Gasteiger partial charge in [0.25, 0.3) is 0 Å². The normalized spacial score (nSPS) is 12.6. The van der Waals surface area contributed by atoms with E-state index < -0.39 is 0 Å². The summed E-state index contributed by atoms with van der Waals surface area (Å²) in [5.41, 5.74) is 9.60. The molecule has 25 heavy (non-hydrogen) atoms. The highest BCUT2D eigenvalue weighted by Crippen LogP contribution is 2.33. The molecule has 3 rings (SSSR count). The van der Waals surface area contributed by atoms with E-state index in [4.69, 9.17) is 5.73 Å². The van der Waals surface area contributed by atoms with Crippen molar-refractivity contribution in [1.82, 2.24) is 9.29 Å². The number of unbranched alkanes of at least 4 members (excludes halogenated alkanes) is 1. The molecule has 0 saturated carbocycles. The third-order valence-corrected chi connectivity index (χ3v) is 5.46. The van der Waals surface area contributed by atoms with Crippen molar-refractivity contribution in [3.8, 4) is 0 Å². The first-order valence-electron chi connectivity index (χ1n) is 9.03. The molecule has 1 heterocycles. The monoisotopic (exact) mass is 353 g/mol. The van der Waals surface area contributed by atoms with Crippen LogP contribution in [-0.2, 0) is 6.54 Å². The molecular weight excluding hydrogens is 326 g/mol. The molecule has 3 nitrogen and oxygen atoms in total. The van der Waals surface area contributed by atoms with Gasteiger partial charge in [-0.3, -0.25) is 4.72 Å². The molecule has 0 bridgehead atoms. The van der Waals surface area contributed by atoms with E-state index in [1.54, 1.807) is 11.9 Å². The Kier molecular flexibility index (Phi) is 6.19. The molecule has 0 amide bonds. The van der Waals surface area contributed by atoms with Crippen LogP contribution in [0.4, 0.5) is 0 Å². The first kappa shape index (κ1) is 18.1. The Hall–Kier alpha value is -1.75. The minimum Gasteiger partial charge on any atom is -0.327 e. The highest BCUT2D eigenvalue weighted by Gasteiger charge is 2.16. The molecule has 1 unspecified atom stereocenters. The average Bonchev–Trinajstić information content (AvgIpc) is 3.02. The summed E-state index contributed by atoms with van der Waals surface area (Å²) >= 11 is 1.73. The molecule has 0 aliphatic carbocycles. The van der Waals surface area contributed by atoms with Crippen molar-refractivity contribution in [3.05, 3.63) is 65.7 Å². The van der Waals surface area contributed by atoms with Crippen LogP contribution in [0.1, 0.15) is 43.9 Å². The van der Waals surface area contributed by atoms with E-state index in [1.165, 1.54) is 39.9 Å². The fourth-order valence-corrected chi connectivity index (χ4v) is 4.04. The van der Waals surface area contributed by atoms with Crippen LogP contribution in [-0.4, -0.2) is 11.1 Å². The second kappa shape index (κ2) is 8.56. The molecule has 3 N–H and O–H groups in total. The number of hydrogen-bond donors (Lipinski definition) is 2. The Morgan fingerprint density at radius 3 is 2.64 bits per heavy atom. The molecule has 0 radical (unpaired) electrons. The van der Waals surface area contributed by atoms with E-state index >= 15 is 0 Å². The van der Waals surface area contributed by atoms with Gasteiger partial charge >= 0.3 is 0 Å². The molecule has 3 aromatic rings. The van der Waals surface area contributed by atoms with Crippen LogP contribution < -0.4 is 10.5 Å². The van der Waals surface area contributed by atoms with Crippen molar-refractivity contribution in [2.45, 2.75) is 44.3 Å². The standard InChI is InChI=1S/C21H27N3S/c1-3-4-12-23-25-21-14-19-11-10-17(15-22)13-20(19)24(21)16(2)18-8-6-5-7-9-18/h5-11,13-14,16,23H,3-4,12,15,22H2,1-2H3. The summed E-state index contributed by atoms with van der Waals surface area (Å²) in [5.74, 6) is 0. The average molecular weight is 354 g/mol. The van der Waals surface area contributed by atoms with Gasteiger partial charge < -0.3 is 10.3 Å². The second-order valence-electron chi connectivity index (χ2n) is 6.39. The number of benzene rings is 2. The summed E-state index contributed by atoms with van der Waals surface area (Å²) in [6.07, 6.45) is 2.40. The largest absolute Gasteiger partial charge is 0.327 e. The first-order valence-corrected chi connectivity index (χ1v) is 9.84. The van der Waals surface area contributed by atoms with E-state index in [0.29, 0.717) is 6.54 Å². The molecule has 0 aliphatic heterocycles. The lowest BCUT2D eigenvalue weighted by Crippen LogP contribution is -2.11. The quantitative estimate of drug-likeness (QED) is 0.437. The van der Waals surface area contributed by atoms with Crippen LogP contribution >= 0.6 is 11.9 Å². The van der Waals surface area contributed by atoms with Crippen LogP contribution in [0.15, 0.2) is 59.6 Å². The maximum Gasteiger partial charge on any atom is 0.0917 e. The number of nitrogens with one attached hydrogen (secondary N) is 1. The van der Waals surface area contributed by atoms with Crippen LogP contribution in [0.3, 0.4) is 0 Å². The van der Waals surface area contributed by atoms with Gasteiger partial charge in [0.2, 0.25) is 0 Å². The molecular formula is C21H27N3S. The molecule has 1 atom stereocenters. The van der Waals surface area contributed by atoms with Crippen LogP contribution in [0.2, 0.25) is 0 Å². The molecule has 0 fully saturated rings. The van der Waals surface area contributed by atoms with E-state index in [9.17, 15) is 0 Å². The predicted molar refractivity (Wildman–Crippen MR) is 109 cm³/mol. The number of nitrogens with zero attached hydrogens (tertiary/aromatic N) is 1. The minimum atomic E-state index is 0.266. The van der Waals surface area contributed by atoms with Gasteiger partial charge in [0.1, 0.15) is 0 Å². The summed E-state index contributed by atoms with van der Waals surface area (Å²) in [4.78, 5) is 0. The SMILES string of the molecule is CCCCNSc1cc2ccc(CN)cc2n1C(C)c1ccccc1. The first-order chi connectivity index (χ1) is 12.2. The minimum absolute atomic E-state index is 0.266. The van der Waals surface area contributed by atoms with Crippen molar-refractivity contribution in [2.24, 2.45) is 5.73 Å². The molecule has 132 valence electrons. The van der Waals surface area contributed by atoms with E-state index in [0.717, 1.165) is 6.54 Å². The smallest absolute Gasteiger partial charge is 0.0917 e. The Morgan fingerprint density at radius 1 is 1.12 bits per heavy atom. The van der Waals surface area contributed by atoms with Crippen molar-refractivity contribution in [2.75, 3.05) is 6.54 Å². The topological polar surface area (TPSA) is 43.0 Å². The number of fused-ring (bicyclic) bond motifs is 1. The number of hydrogen-bond acceptors (Lipinski definition) is 3. The van der Waals surface area contributed by atoms with Crippen molar-refractivity contribution in [1.29, 1.82) is 0 Å². The Balaban J connectivity index is 2.01. The van der Waals surface area contributed by atoms with E-state index in [1.807, 2.05) is 0 Å². The molecule has 4 heteroatoms. The second-order valence-corrected chi connectivity index (χ2v) is 7.30. The molecule has 1 aromatic heterocycles. The molecule has 2 aromatic carbocycles. The summed E-state index contributed by atoms with van der Waals surface area (Å²) in [7, 11) is 0. The van der Waals surface area contributed by atoms with Crippen molar-refractivity contribution in [3.63, 3.8) is 0 Å². The van der Waals surface area contributed by atoms with Gasteiger partial charge in [0.05, 0.1) is 11.1 Å². The molecule has 0 spiro atoms. The third-order valence-electron chi connectivity index (χ3n) is 4.58. The van der Waals surface area contributed by atoms with Gasteiger partial charge in [0, 0.05) is 24.0 Å².